The van der Waals surface area contributed by atoms with Crippen LogP contribution < -0.4 is 10.1 Å². The van der Waals surface area contributed by atoms with E-state index in [1.165, 1.54) is 0 Å². The Morgan fingerprint density at radius 1 is 1.47 bits per heavy atom. The highest BCUT2D eigenvalue weighted by Crippen LogP contribution is 2.12. The molecule has 4 nitrogen and oxygen atoms in total. The highest BCUT2D eigenvalue weighted by molar-refractivity contribution is 5.96. The van der Waals surface area contributed by atoms with Crippen molar-refractivity contribution in [1.82, 2.24) is 10.3 Å². The van der Waals surface area contributed by atoms with E-state index in [-0.39, 0.29) is 5.78 Å². The standard InChI is InChI=1S/C13H20N2O2/c1-4-17-12-7-11(8-14-9-12)13(16)5-6-15-10(2)3/h7-10,15H,4-6H2,1-3H3. The molecule has 0 unspecified atom stereocenters. The second-order valence-corrected chi connectivity index (χ2v) is 4.12. The van der Waals surface area contributed by atoms with Crippen molar-refractivity contribution in [3.8, 4) is 5.75 Å². The molecule has 0 aliphatic carbocycles. The van der Waals surface area contributed by atoms with Crippen LogP contribution in [0.3, 0.4) is 0 Å². The van der Waals surface area contributed by atoms with E-state index in [1.807, 2.05) is 6.92 Å². The van der Waals surface area contributed by atoms with Crippen LogP contribution in [0.25, 0.3) is 0 Å². The van der Waals surface area contributed by atoms with E-state index in [1.54, 1.807) is 18.5 Å². The third kappa shape index (κ3) is 4.95. The predicted molar refractivity (Wildman–Crippen MR) is 67.5 cm³/mol. The third-order valence-electron chi connectivity index (χ3n) is 2.25. The first-order valence-corrected chi connectivity index (χ1v) is 5.98. The van der Waals surface area contributed by atoms with Crippen LogP contribution in [0, 0.1) is 0 Å². The van der Waals surface area contributed by atoms with Gasteiger partial charge in [-0.2, -0.15) is 0 Å². The molecule has 0 bridgehead atoms. The lowest BCUT2D eigenvalue weighted by atomic mass is 10.1. The second-order valence-electron chi connectivity index (χ2n) is 4.12. The molecular formula is C13H20N2O2. The summed E-state index contributed by atoms with van der Waals surface area (Å²) in [5, 5.41) is 3.21. The minimum absolute atomic E-state index is 0.0900. The SMILES string of the molecule is CCOc1cncc(C(=O)CCNC(C)C)c1. The summed E-state index contributed by atoms with van der Waals surface area (Å²) in [6.07, 6.45) is 3.68. The zero-order valence-corrected chi connectivity index (χ0v) is 10.7. The summed E-state index contributed by atoms with van der Waals surface area (Å²) >= 11 is 0. The van der Waals surface area contributed by atoms with Crippen LogP contribution in [0.1, 0.15) is 37.6 Å². The minimum atomic E-state index is 0.0900. The molecule has 0 spiro atoms. The Bertz CT molecular complexity index is 364. The highest BCUT2D eigenvalue weighted by atomic mass is 16.5. The molecule has 1 aromatic heterocycles. The molecule has 0 aromatic carbocycles. The molecule has 4 heteroatoms. The molecule has 1 rings (SSSR count). The Hall–Kier alpha value is -1.42. The van der Waals surface area contributed by atoms with Gasteiger partial charge in [0.2, 0.25) is 0 Å². The fourth-order valence-corrected chi connectivity index (χ4v) is 1.44. The van der Waals surface area contributed by atoms with Gasteiger partial charge in [-0.05, 0) is 13.0 Å². The lowest BCUT2D eigenvalue weighted by molar-refractivity contribution is 0.0981. The van der Waals surface area contributed by atoms with E-state index in [2.05, 4.69) is 24.1 Å². The number of nitrogens with zero attached hydrogens (tertiary/aromatic N) is 1. The number of carbonyl (C=O) groups is 1. The molecule has 17 heavy (non-hydrogen) atoms. The van der Waals surface area contributed by atoms with Crippen molar-refractivity contribution in [2.45, 2.75) is 33.2 Å². The second kappa shape index (κ2) is 7.01. The molecule has 0 saturated carbocycles. The van der Waals surface area contributed by atoms with Crippen LogP contribution in [-0.2, 0) is 0 Å². The molecule has 94 valence electrons. The largest absolute Gasteiger partial charge is 0.492 e. The summed E-state index contributed by atoms with van der Waals surface area (Å²) in [7, 11) is 0. The normalized spacial score (nSPS) is 10.6. The molecule has 0 saturated heterocycles. The van der Waals surface area contributed by atoms with E-state index in [9.17, 15) is 4.79 Å². The van der Waals surface area contributed by atoms with E-state index < -0.39 is 0 Å². The summed E-state index contributed by atoms with van der Waals surface area (Å²) in [5.74, 6) is 0.738. The number of pyridine rings is 1. The van der Waals surface area contributed by atoms with Crippen LogP contribution in [0.4, 0.5) is 0 Å². The van der Waals surface area contributed by atoms with Gasteiger partial charge in [0.05, 0.1) is 12.8 Å². The number of nitrogens with one attached hydrogen (secondary N) is 1. The van der Waals surface area contributed by atoms with Crippen LogP contribution >= 0.6 is 0 Å². The summed E-state index contributed by atoms with van der Waals surface area (Å²) in [5.41, 5.74) is 0.613. The van der Waals surface area contributed by atoms with E-state index in [0.29, 0.717) is 36.9 Å². The molecule has 0 aliphatic heterocycles. The first-order chi connectivity index (χ1) is 8.13. The van der Waals surface area contributed by atoms with Crippen molar-refractivity contribution in [1.29, 1.82) is 0 Å². The number of ketones is 1. The highest BCUT2D eigenvalue weighted by Gasteiger charge is 2.07. The van der Waals surface area contributed by atoms with Crippen molar-refractivity contribution in [2.24, 2.45) is 0 Å². The number of rotatable bonds is 7. The number of hydrogen-bond donors (Lipinski definition) is 1. The van der Waals surface area contributed by atoms with Crippen molar-refractivity contribution < 1.29 is 9.53 Å². The number of ether oxygens (including phenoxy) is 1. The molecule has 1 aromatic rings. The molecule has 1 N–H and O–H groups in total. The molecule has 0 radical (unpaired) electrons. The molecule has 0 atom stereocenters. The topological polar surface area (TPSA) is 51.2 Å². The fraction of sp³-hybridized carbons (Fsp3) is 0.538. The Labute approximate surface area is 102 Å². The smallest absolute Gasteiger partial charge is 0.165 e. The van der Waals surface area contributed by atoms with Gasteiger partial charge in [0.1, 0.15) is 5.75 Å². The number of carbonyl (C=O) groups excluding carboxylic acids is 1. The van der Waals surface area contributed by atoms with E-state index in [4.69, 9.17) is 4.74 Å². The first-order valence-electron chi connectivity index (χ1n) is 5.98. The zero-order valence-electron chi connectivity index (χ0n) is 10.7. The Kier molecular flexibility index (Phi) is 5.63. The molecule has 1 heterocycles. The number of hydrogen-bond acceptors (Lipinski definition) is 4. The van der Waals surface area contributed by atoms with Gasteiger partial charge in [0.25, 0.3) is 0 Å². The molecule has 0 amide bonds. The van der Waals surface area contributed by atoms with Crippen molar-refractivity contribution in [3.63, 3.8) is 0 Å². The van der Waals surface area contributed by atoms with Gasteiger partial charge >= 0.3 is 0 Å². The van der Waals surface area contributed by atoms with Crippen molar-refractivity contribution >= 4 is 5.78 Å². The van der Waals surface area contributed by atoms with Gasteiger partial charge in [0.15, 0.2) is 5.78 Å². The quantitative estimate of drug-likeness (QED) is 0.736. The van der Waals surface area contributed by atoms with Gasteiger partial charge in [0, 0.05) is 30.8 Å². The van der Waals surface area contributed by atoms with Gasteiger partial charge in [-0.1, -0.05) is 13.8 Å². The van der Waals surface area contributed by atoms with Crippen molar-refractivity contribution in [2.75, 3.05) is 13.2 Å². The molecule has 0 aliphatic rings. The number of Topliss-reactive ketones (excluding diaryl/α,β-unsaturated/α-hetero) is 1. The minimum Gasteiger partial charge on any atom is -0.492 e. The van der Waals surface area contributed by atoms with E-state index >= 15 is 0 Å². The molecule has 0 fully saturated rings. The van der Waals surface area contributed by atoms with Crippen LogP contribution in [-0.4, -0.2) is 30.0 Å². The van der Waals surface area contributed by atoms with Crippen LogP contribution in [0.5, 0.6) is 5.75 Å². The lowest BCUT2D eigenvalue weighted by Crippen LogP contribution is -2.25. The Morgan fingerprint density at radius 3 is 2.88 bits per heavy atom. The summed E-state index contributed by atoms with van der Waals surface area (Å²) in [6.45, 7) is 7.29. The first kappa shape index (κ1) is 13.6. The Morgan fingerprint density at radius 2 is 2.24 bits per heavy atom. The fourth-order valence-electron chi connectivity index (χ4n) is 1.44. The van der Waals surface area contributed by atoms with Gasteiger partial charge in [-0.15, -0.1) is 0 Å². The van der Waals surface area contributed by atoms with Crippen LogP contribution in [0.15, 0.2) is 18.5 Å². The molecular weight excluding hydrogens is 216 g/mol. The average molecular weight is 236 g/mol. The maximum Gasteiger partial charge on any atom is 0.165 e. The Balaban J connectivity index is 2.53. The zero-order chi connectivity index (χ0) is 12.7. The summed E-state index contributed by atoms with van der Waals surface area (Å²) in [4.78, 5) is 15.8. The maximum atomic E-state index is 11.8. The summed E-state index contributed by atoms with van der Waals surface area (Å²) in [6, 6.07) is 2.14. The monoisotopic (exact) mass is 236 g/mol. The van der Waals surface area contributed by atoms with Gasteiger partial charge < -0.3 is 10.1 Å². The van der Waals surface area contributed by atoms with Crippen molar-refractivity contribution in [3.05, 3.63) is 24.0 Å². The van der Waals surface area contributed by atoms with Crippen LogP contribution in [0.2, 0.25) is 0 Å². The van der Waals surface area contributed by atoms with Gasteiger partial charge in [-0.25, -0.2) is 0 Å². The average Bonchev–Trinajstić information content (AvgIpc) is 2.29. The lowest BCUT2D eigenvalue weighted by Gasteiger charge is -2.08. The van der Waals surface area contributed by atoms with Gasteiger partial charge in [-0.3, -0.25) is 9.78 Å². The predicted octanol–water partition coefficient (Wildman–Crippen LogP) is 2.05. The maximum absolute atomic E-state index is 11.8. The van der Waals surface area contributed by atoms with E-state index in [0.717, 1.165) is 0 Å². The summed E-state index contributed by atoms with van der Waals surface area (Å²) < 4.78 is 5.31. The third-order valence-corrected chi connectivity index (χ3v) is 2.25. The number of aromatic nitrogens is 1.